The van der Waals surface area contributed by atoms with Crippen molar-refractivity contribution in [2.45, 2.75) is 0 Å². The van der Waals surface area contributed by atoms with Gasteiger partial charge >= 0.3 is 0 Å². The lowest BCUT2D eigenvalue weighted by Gasteiger charge is -2.14. The zero-order valence-corrected chi connectivity index (χ0v) is 15.9. The molecule has 3 aromatic rings. The molecule has 7 nitrogen and oxygen atoms in total. The molecule has 1 fully saturated rings. The van der Waals surface area contributed by atoms with Crippen LogP contribution in [0.1, 0.15) is 5.56 Å². The van der Waals surface area contributed by atoms with Crippen LogP contribution in [0.3, 0.4) is 0 Å². The van der Waals surface area contributed by atoms with Gasteiger partial charge in [-0.15, -0.1) is 0 Å². The minimum Gasteiger partial charge on any atom is -0.266 e. The van der Waals surface area contributed by atoms with Crippen molar-refractivity contribution in [1.29, 1.82) is 0 Å². The molecular weight excluding hydrogens is 404 g/mol. The van der Waals surface area contributed by atoms with Gasteiger partial charge in [0, 0.05) is 12.1 Å². The van der Waals surface area contributed by atoms with Crippen LogP contribution in [0.25, 0.3) is 16.3 Å². The molecule has 0 bridgehead atoms. The Morgan fingerprint density at radius 2 is 1.93 bits per heavy atom. The van der Waals surface area contributed by atoms with E-state index in [0.717, 1.165) is 22.0 Å². The van der Waals surface area contributed by atoms with Gasteiger partial charge in [0.15, 0.2) is 4.32 Å². The maximum absolute atomic E-state index is 12.7. The Morgan fingerprint density at radius 3 is 2.63 bits per heavy atom. The number of non-ortho nitro benzene ring substituents is 1. The molecule has 0 spiro atoms. The summed E-state index contributed by atoms with van der Waals surface area (Å²) in [5.74, 6) is -0.289. The van der Waals surface area contributed by atoms with E-state index >= 15 is 0 Å². The number of fused-ring (bicyclic) bond motifs is 1. The second-order valence-corrected chi connectivity index (χ2v) is 8.17. The molecule has 2 aromatic carbocycles. The second-order valence-electron chi connectivity index (χ2n) is 5.46. The minimum atomic E-state index is -0.467. The summed E-state index contributed by atoms with van der Waals surface area (Å²) in [6.45, 7) is 0. The summed E-state index contributed by atoms with van der Waals surface area (Å²) in [6.07, 6.45) is 1.66. The third-order valence-electron chi connectivity index (χ3n) is 3.70. The van der Waals surface area contributed by atoms with Crippen LogP contribution in [0.4, 0.5) is 10.8 Å². The van der Waals surface area contributed by atoms with Gasteiger partial charge in [-0.05, 0) is 48.1 Å². The van der Waals surface area contributed by atoms with Gasteiger partial charge < -0.3 is 0 Å². The molecule has 0 atom stereocenters. The van der Waals surface area contributed by atoms with Gasteiger partial charge in [-0.2, -0.15) is 5.01 Å². The molecule has 0 radical (unpaired) electrons. The molecule has 2 heterocycles. The Bertz CT molecular complexity index is 1080. The molecule has 1 aliphatic rings. The Kier molecular flexibility index (Phi) is 4.60. The number of benzene rings is 2. The van der Waals surface area contributed by atoms with Gasteiger partial charge in [0.25, 0.3) is 11.6 Å². The quantitative estimate of drug-likeness (QED) is 0.292. The molecule has 27 heavy (non-hydrogen) atoms. The summed E-state index contributed by atoms with van der Waals surface area (Å²) in [6, 6.07) is 13.6. The first-order valence-electron chi connectivity index (χ1n) is 7.66. The highest BCUT2D eigenvalue weighted by molar-refractivity contribution is 8.26. The van der Waals surface area contributed by atoms with Gasteiger partial charge in [-0.1, -0.05) is 35.2 Å². The van der Waals surface area contributed by atoms with E-state index in [9.17, 15) is 14.9 Å². The van der Waals surface area contributed by atoms with E-state index in [4.69, 9.17) is 12.2 Å². The van der Waals surface area contributed by atoms with Crippen LogP contribution in [-0.4, -0.2) is 25.1 Å². The van der Waals surface area contributed by atoms with Crippen LogP contribution in [0.5, 0.6) is 0 Å². The van der Waals surface area contributed by atoms with Gasteiger partial charge in [-0.3, -0.25) is 20.3 Å². The number of thioether (sulfide) groups is 1. The monoisotopic (exact) mass is 414 g/mol. The third-order valence-corrected chi connectivity index (χ3v) is 5.94. The highest BCUT2D eigenvalue weighted by Crippen LogP contribution is 2.34. The first-order valence-corrected chi connectivity index (χ1v) is 9.70. The zero-order chi connectivity index (χ0) is 19.0. The molecule has 134 valence electrons. The number of aromatic nitrogens is 1. The predicted octanol–water partition coefficient (Wildman–Crippen LogP) is 4.43. The standard InChI is InChI=1S/C17H10N4O3S3/c22-15-14(9-10-5-7-11(8-6-10)21(23)24)27-17(25)20(15)19-16-18-12-3-1-2-4-13(12)26-16/h1-9H,(H,18,19)/b14-9-. The average Bonchev–Trinajstić information content (AvgIpc) is 3.18. The van der Waals surface area contributed by atoms with E-state index in [1.165, 1.54) is 28.5 Å². The molecular formula is C17H10N4O3S3. The van der Waals surface area contributed by atoms with Crippen LogP contribution in [0, 0.1) is 10.1 Å². The number of hydrogen-bond donors (Lipinski definition) is 1. The lowest BCUT2D eigenvalue weighted by Crippen LogP contribution is -2.33. The molecule has 0 aliphatic carbocycles. The van der Waals surface area contributed by atoms with Crippen LogP contribution < -0.4 is 5.43 Å². The average molecular weight is 414 g/mol. The number of amides is 1. The van der Waals surface area contributed by atoms with E-state index in [2.05, 4.69) is 10.4 Å². The lowest BCUT2D eigenvalue weighted by molar-refractivity contribution is -0.384. The summed E-state index contributed by atoms with van der Waals surface area (Å²) in [7, 11) is 0. The third kappa shape index (κ3) is 3.54. The smallest absolute Gasteiger partial charge is 0.266 e. The van der Waals surface area contributed by atoms with Crippen molar-refractivity contribution in [2.75, 3.05) is 5.43 Å². The van der Waals surface area contributed by atoms with Crippen LogP contribution in [0.2, 0.25) is 0 Å². The van der Waals surface area contributed by atoms with E-state index in [0.29, 0.717) is 19.9 Å². The van der Waals surface area contributed by atoms with E-state index in [1.54, 1.807) is 18.2 Å². The minimum absolute atomic E-state index is 0.00259. The Morgan fingerprint density at radius 1 is 1.19 bits per heavy atom. The number of nitrogens with zero attached hydrogens (tertiary/aromatic N) is 3. The van der Waals surface area contributed by atoms with E-state index in [1.807, 2.05) is 24.3 Å². The fourth-order valence-corrected chi connectivity index (χ4v) is 4.46. The summed E-state index contributed by atoms with van der Waals surface area (Å²) >= 11 is 7.89. The second kappa shape index (κ2) is 7.06. The number of anilines is 1. The van der Waals surface area contributed by atoms with Gasteiger partial charge in [0.2, 0.25) is 5.13 Å². The molecule has 1 aromatic heterocycles. The van der Waals surface area contributed by atoms with Crippen molar-refractivity contribution in [2.24, 2.45) is 0 Å². The Balaban J connectivity index is 1.55. The predicted molar refractivity (Wildman–Crippen MR) is 111 cm³/mol. The van der Waals surface area contributed by atoms with E-state index in [-0.39, 0.29) is 11.6 Å². The Labute approximate surface area is 166 Å². The highest BCUT2D eigenvalue weighted by Gasteiger charge is 2.33. The normalized spacial score (nSPS) is 15.7. The number of rotatable bonds is 4. The molecule has 1 N–H and O–H groups in total. The molecule has 0 saturated carbocycles. The van der Waals surface area contributed by atoms with Crippen molar-refractivity contribution >= 4 is 72.7 Å². The number of hydrazine groups is 1. The van der Waals surface area contributed by atoms with Crippen molar-refractivity contribution in [1.82, 2.24) is 9.99 Å². The maximum Gasteiger partial charge on any atom is 0.285 e. The number of para-hydroxylation sites is 1. The van der Waals surface area contributed by atoms with Crippen molar-refractivity contribution in [3.05, 3.63) is 69.1 Å². The maximum atomic E-state index is 12.7. The van der Waals surface area contributed by atoms with Crippen LogP contribution in [-0.2, 0) is 4.79 Å². The first kappa shape index (κ1) is 17.6. The lowest BCUT2D eigenvalue weighted by atomic mass is 10.2. The molecule has 1 aliphatic heterocycles. The van der Waals surface area contributed by atoms with Gasteiger partial charge in [0.1, 0.15) is 0 Å². The van der Waals surface area contributed by atoms with Crippen molar-refractivity contribution < 1.29 is 9.72 Å². The number of nitrogens with one attached hydrogen (secondary N) is 1. The molecule has 10 heteroatoms. The van der Waals surface area contributed by atoms with Gasteiger partial charge in [0.05, 0.1) is 20.0 Å². The Hall–Kier alpha value is -2.82. The fraction of sp³-hybridized carbons (Fsp3) is 0. The first-order chi connectivity index (χ1) is 13.0. The number of thiocarbonyl (C=S) groups is 1. The molecule has 1 amide bonds. The summed E-state index contributed by atoms with van der Waals surface area (Å²) in [5, 5.41) is 12.6. The molecule has 1 saturated heterocycles. The summed E-state index contributed by atoms with van der Waals surface area (Å²) < 4.78 is 1.37. The zero-order valence-electron chi connectivity index (χ0n) is 13.5. The summed E-state index contributed by atoms with van der Waals surface area (Å²) in [5.41, 5.74) is 4.49. The number of nitro benzene ring substituents is 1. The fourth-order valence-electron chi connectivity index (χ4n) is 2.42. The highest BCUT2D eigenvalue weighted by atomic mass is 32.2. The van der Waals surface area contributed by atoms with Crippen LogP contribution in [0.15, 0.2) is 53.4 Å². The van der Waals surface area contributed by atoms with Gasteiger partial charge in [-0.25, -0.2) is 4.98 Å². The number of nitro groups is 1. The SMILES string of the molecule is O=C1/C(=C/c2ccc([N+](=O)[O-])cc2)SC(=S)N1Nc1nc2ccccc2s1. The number of carbonyl (C=O) groups is 1. The largest absolute Gasteiger partial charge is 0.285 e. The molecule has 4 rings (SSSR count). The summed E-state index contributed by atoms with van der Waals surface area (Å²) in [4.78, 5) is 27.8. The van der Waals surface area contributed by atoms with Crippen molar-refractivity contribution in [3.63, 3.8) is 0 Å². The number of hydrogen-bond acceptors (Lipinski definition) is 8. The number of thiazole rings is 1. The van der Waals surface area contributed by atoms with Crippen LogP contribution >= 0.6 is 35.3 Å². The van der Waals surface area contributed by atoms with Crippen molar-refractivity contribution in [3.8, 4) is 0 Å². The van der Waals surface area contributed by atoms with E-state index < -0.39 is 4.92 Å². The molecule has 0 unspecified atom stereocenters. The number of carbonyl (C=O) groups excluding carboxylic acids is 1. The topological polar surface area (TPSA) is 88.4 Å².